The van der Waals surface area contributed by atoms with Gasteiger partial charge in [-0.25, -0.2) is 9.78 Å². The van der Waals surface area contributed by atoms with Crippen LogP contribution < -0.4 is 0 Å². The Balaban J connectivity index is 2.15. The Bertz CT molecular complexity index is 648. The number of carbonyl (C=O) groups is 1. The van der Waals surface area contributed by atoms with E-state index in [1.54, 1.807) is 6.08 Å². The number of hydrogen-bond acceptors (Lipinski definition) is 3. The van der Waals surface area contributed by atoms with Crippen molar-refractivity contribution in [2.24, 2.45) is 0 Å². The van der Waals surface area contributed by atoms with Crippen molar-refractivity contribution in [3.63, 3.8) is 0 Å². The van der Waals surface area contributed by atoms with E-state index in [-0.39, 0.29) is 5.97 Å². The molecule has 0 radical (unpaired) electrons. The zero-order valence-corrected chi connectivity index (χ0v) is 12.4. The molecular weight excluding hydrogens is 252 g/mol. The second kappa shape index (κ2) is 5.49. The van der Waals surface area contributed by atoms with Gasteiger partial charge in [0, 0.05) is 18.5 Å². The molecule has 0 spiro atoms. The molecular formula is C16H20N2O2. The third kappa shape index (κ3) is 3.70. The molecule has 2 heterocycles. The summed E-state index contributed by atoms with van der Waals surface area (Å²) in [5.41, 5.74) is 2.43. The van der Waals surface area contributed by atoms with Crippen molar-refractivity contribution in [3.05, 3.63) is 41.9 Å². The predicted molar refractivity (Wildman–Crippen MR) is 79.4 cm³/mol. The first-order chi connectivity index (χ1) is 9.37. The van der Waals surface area contributed by atoms with Crippen molar-refractivity contribution < 1.29 is 9.53 Å². The Morgan fingerprint density at radius 3 is 2.75 bits per heavy atom. The first-order valence-electron chi connectivity index (χ1n) is 6.76. The van der Waals surface area contributed by atoms with Gasteiger partial charge in [-0.1, -0.05) is 6.92 Å². The average molecular weight is 272 g/mol. The van der Waals surface area contributed by atoms with Gasteiger partial charge in [-0.15, -0.1) is 0 Å². The van der Waals surface area contributed by atoms with Crippen LogP contribution in [0.25, 0.3) is 11.7 Å². The molecule has 2 rings (SSSR count). The number of esters is 1. The van der Waals surface area contributed by atoms with E-state index in [9.17, 15) is 4.79 Å². The van der Waals surface area contributed by atoms with Crippen LogP contribution in [0.5, 0.6) is 0 Å². The number of nitrogens with zero attached hydrogens (tertiary/aromatic N) is 2. The summed E-state index contributed by atoms with van der Waals surface area (Å²) in [7, 11) is 0. The van der Waals surface area contributed by atoms with Gasteiger partial charge in [-0.3, -0.25) is 0 Å². The van der Waals surface area contributed by atoms with Crippen molar-refractivity contribution >= 4 is 17.7 Å². The van der Waals surface area contributed by atoms with E-state index < -0.39 is 5.60 Å². The van der Waals surface area contributed by atoms with Gasteiger partial charge in [0.1, 0.15) is 11.2 Å². The van der Waals surface area contributed by atoms with Gasteiger partial charge in [0.05, 0.1) is 5.69 Å². The molecule has 0 fully saturated rings. The zero-order valence-electron chi connectivity index (χ0n) is 12.4. The molecule has 20 heavy (non-hydrogen) atoms. The van der Waals surface area contributed by atoms with E-state index in [1.165, 1.54) is 6.08 Å². The summed E-state index contributed by atoms with van der Waals surface area (Å²) in [6.07, 6.45) is 8.05. The monoisotopic (exact) mass is 272 g/mol. The van der Waals surface area contributed by atoms with Crippen molar-refractivity contribution in [3.8, 4) is 0 Å². The quantitative estimate of drug-likeness (QED) is 0.636. The van der Waals surface area contributed by atoms with Gasteiger partial charge in [0.15, 0.2) is 0 Å². The molecule has 2 aromatic heterocycles. The second-order valence-corrected chi connectivity index (χ2v) is 5.68. The Hall–Kier alpha value is -2.10. The van der Waals surface area contributed by atoms with Gasteiger partial charge in [0.25, 0.3) is 0 Å². The molecule has 0 saturated heterocycles. The number of imidazole rings is 1. The summed E-state index contributed by atoms with van der Waals surface area (Å²) < 4.78 is 7.19. The largest absolute Gasteiger partial charge is 0.457 e. The number of fused-ring (bicyclic) bond motifs is 1. The third-order valence-corrected chi connectivity index (χ3v) is 2.70. The first-order valence-corrected chi connectivity index (χ1v) is 6.76. The van der Waals surface area contributed by atoms with Gasteiger partial charge < -0.3 is 9.14 Å². The van der Waals surface area contributed by atoms with Crippen LogP contribution in [-0.2, 0) is 16.0 Å². The van der Waals surface area contributed by atoms with Crippen LogP contribution in [0.1, 0.15) is 39.0 Å². The molecule has 0 aliphatic carbocycles. The van der Waals surface area contributed by atoms with Gasteiger partial charge in [-0.05, 0) is 51.0 Å². The van der Waals surface area contributed by atoms with Crippen LogP contribution in [0, 0.1) is 0 Å². The molecule has 0 aromatic carbocycles. The highest BCUT2D eigenvalue weighted by atomic mass is 16.6. The summed E-state index contributed by atoms with van der Waals surface area (Å²) in [5, 5.41) is 0. The number of carbonyl (C=O) groups excluding carboxylic acids is 1. The van der Waals surface area contributed by atoms with Crippen LogP contribution in [-0.4, -0.2) is 21.0 Å². The number of ether oxygens (including phenoxy) is 1. The van der Waals surface area contributed by atoms with Crippen molar-refractivity contribution in [1.82, 2.24) is 9.38 Å². The predicted octanol–water partition coefficient (Wildman–Crippen LogP) is 3.25. The maximum atomic E-state index is 11.6. The SMILES string of the molecule is CCc1cn2cc(C=CC(=O)OC(C)(C)C)ccc2n1. The van der Waals surface area contributed by atoms with Gasteiger partial charge in [0.2, 0.25) is 0 Å². The van der Waals surface area contributed by atoms with Crippen LogP contribution >= 0.6 is 0 Å². The minimum atomic E-state index is -0.467. The van der Waals surface area contributed by atoms with Crippen LogP contribution in [0.3, 0.4) is 0 Å². The van der Waals surface area contributed by atoms with E-state index in [0.717, 1.165) is 23.3 Å². The molecule has 0 aliphatic rings. The number of rotatable bonds is 3. The Morgan fingerprint density at radius 2 is 2.10 bits per heavy atom. The molecule has 0 bridgehead atoms. The standard InChI is InChI=1S/C16H20N2O2/c1-5-13-11-18-10-12(6-8-14(18)17-13)7-9-15(19)20-16(2,3)4/h6-11H,5H2,1-4H3. The lowest BCUT2D eigenvalue weighted by atomic mass is 10.2. The average Bonchev–Trinajstić information content (AvgIpc) is 2.76. The van der Waals surface area contributed by atoms with Gasteiger partial charge >= 0.3 is 5.97 Å². The highest BCUT2D eigenvalue weighted by Gasteiger charge is 2.13. The summed E-state index contributed by atoms with van der Waals surface area (Å²) in [5.74, 6) is -0.336. The van der Waals surface area contributed by atoms with E-state index in [1.807, 2.05) is 49.7 Å². The summed E-state index contributed by atoms with van der Waals surface area (Å²) in [6, 6.07) is 3.87. The molecule has 0 saturated carbocycles. The Kier molecular flexibility index (Phi) is 3.93. The van der Waals surface area contributed by atoms with Gasteiger partial charge in [-0.2, -0.15) is 0 Å². The lowest BCUT2D eigenvalue weighted by Gasteiger charge is -2.17. The van der Waals surface area contributed by atoms with E-state index in [2.05, 4.69) is 11.9 Å². The molecule has 4 heteroatoms. The number of hydrogen-bond donors (Lipinski definition) is 0. The fraction of sp³-hybridized carbons (Fsp3) is 0.375. The smallest absolute Gasteiger partial charge is 0.331 e. The second-order valence-electron chi connectivity index (χ2n) is 5.68. The molecule has 106 valence electrons. The summed E-state index contributed by atoms with van der Waals surface area (Å²) in [6.45, 7) is 7.62. The summed E-state index contributed by atoms with van der Waals surface area (Å²) >= 11 is 0. The van der Waals surface area contributed by atoms with Crippen LogP contribution in [0.2, 0.25) is 0 Å². The highest BCUT2D eigenvalue weighted by Crippen LogP contribution is 2.11. The first kappa shape index (κ1) is 14.3. The number of aryl methyl sites for hydroxylation is 1. The fourth-order valence-electron chi connectivity index (χ4n) is 1.83. The fourth-order valence-corrected chi connectivity index (χ4v) is 1.83. The molecule has 4 nitrogen and oxygen atoms in total. The van der Waals surface area contributed by atoms with Crippen LogP contribution in [0.15, 0.2) is 30.6 Å². The maximum absolute atomic E-state index is 11.6. The lowest BCUT2D eigenvalue weighted by molar-refractivity contribution is -0.148. The molecule has 0 aliphatic heterocycles. The topological polar surface area (TPSA) is 43.6 Å². The maximum Gasteiger partial charge on any atom is 0.331 e. The third-order valence-electron chi connectivity index (χ3n) is 2.70. The van der Waals surface area contributed by atoms with E-state index in [4.69, 9.17) is 4.74 Å². The molecule has 0 N–H and O–H groups in total. The zero-order chi connectivity index (χ0) is 14.8. The number of pyridine rings is 1. The van der Waals surface area contributed by atoms with E-state index >= 15 is 0 Å². The summed E-state index contributed by atoms with van der Waals surface area (Å²) in [4.78, 5) is 16.1. The molecule has 0 amide bonds. The Morgan fingerprint density at radius 1 is 1.35 bits per heavy atom. The molecule has 2 aromatic rings. The van der Waals surface area contributed by atoms with Crippen molar-refractivity contribution in [2.45, 2.75) is 39.7 Å². The van der Waals surface area contributed by atoms with Crippen LogP contribution in [0.4, 0.5) is 0 Å². The van der Waals surface area contributed by atoms with Crippen molar-refractivity contribution in [1.29, 1.82) is 0 Å². The molecule has 0 atom stereocenters. The highest BCUT2D eigenvalue weighted by molar-refractivity contribution is 5.87. The van der Waals surface area contributed by atoms with E-state index in [0.29, 0.717) is 0 Å². The number of aromatic nitrogens is 2. The lowest BCUT2D eigenvalue weighted by Crippen LogP contribution is -2.22. The normalized spacial score (nSPS) is 12.2. The van der Waals surface area contributed by atoms with Crippen molar-refractivity contribution in [2.75, 3.05) is 0 Å². The molecule has 0 unspecified atom stereocenters. The Labute approximate surface area is 119 Å². The minimum absolute atomic E-state index is 0.336. The minimum Gasteiger partial charge on any atom is -0.457 e.